The number of benzene rings is 1. The summed E-state index contributed by atoms with van der Waals surface area (Å²) in [6, 6.07) is 8.20. The Morgan fingerprint density at radius 3 is 3.06 bits per heavy atom. The predicted molar refractivity (Wildman–Crippen MR) is 70.6 cm³/mol. The van der Waals surface area contributed by atoms with Crippen LogP contribution in [0, 0.1) is 0 Å². The summed E-state index contributed by atoms with van der Waals surface area (Å²) < 4.78 is 0. The van der Waals surface area contributed by atoms with Gasteiger partial charge in [0.05, 0.1) is 0 Å². The number of hydrogen-bond donors (Lipinski definition) is 2. The molecular formula is C13H19N3O. The Balaban J connectivity index is 2.14. The van der Waals surface area contributed by atoms with Crippen molar-refractivity contribution in [3.8, 4) is 0 Å². The Bertz CT molecular complexity index is 405. The quantitative estimate of drug-likeness (QED) is 0.839. The molecule has 4 nitrogen and oxygen atoms in total. The van der Waals surface area contributed by atoms with E-state index >= 15 is 0 Å². The first-order chi connectivity index (χ1) is 8.24. The second kappa shape index (κ2) is 5.08. The Morgan fingerprint density at radius 1 is 1.53 bits per heavy atom. The summed E-state index contributed by atoms with van der Waals surface area (Å²) in [4.78, 5) is 13.7. The second-order valence-corrected chi connectivity index (χ2v) is 4.35. The molecular weight excluding hydrogens is 214 g/mol. The monoisotopic (exact) mass is 233 g/mol. The number of urea groups is 1. The largest absolute Gasteiger partial charge is 0.388 e. The lowest BCUT2D eigenvalue weighted by atomic mass is 10.2. The molecule has 1 heterocycles. The van der Waals surface area contributed by atoms with Gasteiger partial charge in [0, 0.05) is 31.0 Å². The Morgan fingerprint density at radius 2 is 2.35 bits per heavy atom. The molecule has 0 aliphatic carbocycles. The van der Waals surface area contributed by atoms with Crippen LogP contribution >= 0.6 is 0 Å². The van der Waals surface area contributed by atoms with E-state index in [-0.39, 0.29) is 12.1 Å². The summed E-state index contributed by atoms with van der Waals surface area (Å²) in [6.45, 7) is 2.90. The normalized spacial score (nSPS) is 19.3. The molecule has 1 saturated heterocycles. The second-order valence-electron chi connectivity index (χ2n) is 4.35. The molecule has 0 aromatic heterocycles. The Labute approximate surface area is 102 Å². The molecule has 92 valence electrons. The maximum Gasteiger partial charge on any atom is 0.322 e. The minimum Gasteiger partial charge on any atom is -0.388 e. The van der Waals surface area contributed by atoms with Gasteiger partial charge in [-0.1, -0.05) is 19.4 Å². The average Bonchev–Trinajstić information content (AvgIpc) is 2.71. The number of amides is 2. The van der Waals surface area contributed by atoms with Crippen LogP contribution in [0.3, 0.4) is 0 Å². The van der Waals surface area contributed by atoms with E-state index in [1.54, 1.807) is 4.90 Å². The first-order valence-electron chi connectivity index (χ1n) is 6.10. The molecule has 4 heteroatoms. The zero-order valence-corrected chi connectivity index (χ0v) is 10.4. The van der Waals surface area contributed by atoms with Crippen LogP contribution in [-0.4, -0.2) is 25.7 Å². The SMILES string of the molecule is CCCC1CN(c2cccc(NC)c2)C(=O)N1. The molecule has 1 aliphatic heterocycles. The van der Waals surface area contributed by atoms with Crippen molar-refractivity contribution in [3.63, 3.8) is 0 Å². The maximum absolute atomic E-state index is 11.9. The number of nitrogens with zero attached hydrogens (tertiary/aromatic N) is 1. The van der Waals surface area contributed by atoms with E-state index in [0.29, 0.717) is 0 Å². The van der Waals surface area contributed by atoms with Gasteiger partial charge in [0.15, 0.2) is 0 Å². The lowest BCUT2D eigenvalue weighted by molar-refractivity contribution is 0.250. The molecule has 17 heavy (non-hydrogen) atoms. The number of nitrogens with one attached hydrogen (secondary N) is 2. The summed E-state index contributed by atoms with van der Waals surface area (Å²) in [5, 5.41) is 6.09. The van der Waals surface area contributed by atoms with Gasteiger partial charge in [0.25, 0.3) is 0 Å². The highest BCUT2D eigenvalue weighted by molar-refractivity contribution is 5.95. The van der Waals surface area contributed by atoms with Crippen molar-refractivity contribution in [2.45, 2.75) is 25.8 Å². The van der Waals surface area contributed by atoms with Crippen LogP contribution in [0.4, 0.5) is 16.2 Å². The first kappa shape index (κ1) is 11.8. The van der Waals surface area contributed by atoms with Crippen LogP contribution in [-0.2, 0) is 0 Å². The highest BCUT2D eigenvalue weighted by Crippen LogP contribution is 2.22. The zero-order chi connectivity index (χ0) is 12.3. The van der Waals surface area contributed by atoms with Gasteiger partial charge in [0.1, 0.15) is 0 Å². The van der Waals surface area contributed by atoms with Crippen LogP contribution in [0.2, 0.25) is 0 Å². The van der Waals surface area contributed by atoms with Crippen LogP contribution in [0.25, 0.3) is 0 Å². The van der Waals surface area contributed by atoms with E-state index in [1.165, 1.54) is 0 Å². The number of hydrogen-bond acceptors (Lipinski definition) is 2. The predicted octanol–water partition coefficient (Wildman–Crippen LogP) is 2.43. The molecule has 2 rings (SSSR count). The fourth-order valence-corrected chi connectivity index (χ4v) is 2.17. The smallest absolute Gasteiger partial charge is 0.322 e. The van der Waals surface area contributed by atoms with Crippen molar-refractivity contribution < 1.29 is 4.79 Å². The molecule has 0 radical (unpaired) electrons. The molecule has 0 bridgehead atoms. The van der Waals surface area contributed by atoms with Crippen molar-refractivity contribution in [2.24, 2.45) is 0 Å². The molecule has 0 spiro atoms. The van der Waals surface area contributed by atoms with Gasteiger partial charge in [-0.3, -0.25) is 4.90 Å². The zero-order valence-electron chi connectivity index (χ0n) is 10.4. The average molecular weight is 233 g/mol. The van der Waals surface area contributed by atoms with Crippen molar-refractivity contribution >= 4 is 17.4 Å². The molecule has 0 saturated carbocycles. The molecule has 2 amide bonds. The van der Waals surface area contributed by atoms with E-state index in [2.05, 4.69) is 17.6 Å². The van der Waals surface area contributed by atoms with E-state index in [9.17, 15) is 4.79 Å². The van der Waals surface area contributed by atoms with Crippen molar-refractivity contribution in [1.29, 1.82) is 0 Å². The molecule has 1 aliphatic rings. The summed E-state index contributed by atoms with van der Waals surface area (Å²) in [6.07, 6.45) is 2.13. The number of carbonyl (C=O) groups excluding carboxylic acids is 1. The fraction of sp³-hybridized carbons (Fsp3) is 0.462. The van der Waals surface area contributed by atoms with E-state index in [4.69, 9.17) is 0 Å². The minimum absolute atomic E-state index is 0.0108. The van der Waals surface area contributed by atoms with Gasteiger partial charge in [-0.15, -0.1) is 0 Å². The summed E-state index contributed by atoms with van der Waals surface area (Å²) in [7, 11) is 1.88. The van der Waals surface area contributed by atoms with Crippen LogP contribution in [0.5, 0.6) is 0 Å². The molecule has 2 N–H and O–H groups in total. The van der Waals surface area contributed by atoms with E-state index in [1.807, 2.05) is 31.3 Å². The highest BCUT2D eigenvalue weighted by Gasteiger charge is 2.28. The van der Waals surface area contributed by atoms with Gasteiger partial charge in [-0.2, -0.15) is 0 Å². The van der Waals surface area contributed by atoms with Gasteiger partial charge < -0.3 is 10.6 Å². The van der Waals surface area contributed by atoms with Crippen LogP contribution in [0.15, 0.2) is 24.3 Å². The first-order valence-corrected chi connectivity index (χ1v) is 6.10. The summed E-state index contributed by atoms with van der Waals surface area (Å²) in [5.41, 5.74) is 1.97. The van der Waals surface area contributed by atoms with Gasteiger partial charge >= 0.3 is 6.03 Å². The molecule has 1 aromatic carbocycles. The topological polar surface area (TPSA) is 44.4 Å². The molecule has 1 fully saturated rings. The third-order valence-corrected chi connectivity index (χ3v) is 3.06. The Kier molecular flexibility index (Phi) is 3.52. The summed E-state index contributed by atoms with van der Waals surface area (Å²) in [5.74, 6) is 0. The summed E-state index contributed by atoms with van der Waals surface area (Å²) >= 11 is 0. The van der Waals surface area contributed by atoms with Crippen LogP contribution < -0.4 is 15.5 Å². The third-order valence-electron chi connectivity index (χ3n) is 3.06. The maximum atomic E-state index is 11.9. The van der Waals surface area contributed by atoms with Gasteiger partial charge in [0.2, 0.25) is 0 Å². The number of anilines is 2. The van der Waals surface area contributed by atoms with Gasteiger partial charge in [-0.25, -0.2) is 4.79 Å². The lowest BCUT2D eigenvalue weighted by Gasteiger charge is -2.15. The molecule has 1 unspecified atom stereocenters. The van der Waals surface area contributed by atoms with Crippen molar-refractivity contribution in [1.82, 2.24) is 5.32 Å². The number of rotatable bonds is 4. The van der Waals surface area contributed by atoms with Crippen molar-refractivity contribution in [2.75, 3.05) is 23.8 Å². The van der Waals surface area contributed by atoms with E-state index in [0.717, 1.165) is 30.8 Å². The standard InChI is InChI=1S/C13H19N3O/c1-3-5-11-9-16(13(17)15-11)12-7-4-6-10(8-12)14-2/h4,6-8,11,14H,3,5,9H2,1-2H3,(H,15,17). The van der Waals surface area contributed by atoms with Crippen LogP contribution in [0.1, 0.15) is 19.8 Å². The molecule has 1 aromatic rings. The molecule has 1 atom stereocenters. The highest BCUT2D eigenvalue weighted by atomic mass is 16.2. The number of carbonyl (C=O) groups is 1. The third kappa shape index (κ3) is 2.52. The van der Waals surface area contributed by atoms with E-state index < -0.39 is 0 Å². The van der Waals surface area contributed by atoms with Crippen molar-refractivity contribution in [3.05, 3.63) is 24.3 Å². The fourth-order valence-electron chi connectivity index (χ4n) is 2.17. The Hall–Kier alpha value is -1.71. The lowest BCUT2D eigenvalue weighted by Crippen LogP contribution is -2.28. The minimum atomic E-state index is 0.0108. The van der Waals surface area contributed by atoms with Gasteiger partial charge in [-0.05, 0) is 24.6 Å².